The Morgan fingerprint density at radius 1 is 1.00 bits per heavy atom. The standard InChI is InChI=1S/C19H20ClF3N2O2S/c20-16-5-7-18(8-6-16)28(26,27)24-17-9-11-25(12-10-17)13-14-1-3-15(4-2-14)19(21,22)23/h1-8,17,24H,9-13H2. The number of likely N-dealkylation sites (tertiary alicyclic amines) is 1. The first-order chi connectivity index (χ1) is 13.1. The van der Waals surface area contributed by atoms with Gasteiger partial charge in [-0.2, -0.15) is 13.2 Å². The summed E-state index contributed by atoms with van der Waals surface area (Å²) in [4.78, 5) is 2.28. The molecule has 0 bridgehead atoms. The first-order valence-electron chi connectivity index (χ1n) is 8.80. The molecule has 1 aliphatic rings. The van der Waals surface area contributed by atoms with Crippen molar-refractivity contribution in [2.75, 3.05) is 13.1 Å². The molecule has 0 aliphatic carbocycles. The van der Waals surface area contributed by atoms with E-state index in [1.807, 2.05) is 0 Å². The summed E-state index contributed by atoms with van der Waals surface area (Å²) in [7, 11) is -3.61. The Balaban J connectivity index is 1.52. The van der Waals surface area contributed by atoms with Gasteiger partial charge in [0.2, 0.25) is 10.0 Å². The van der Waals surface area contributed by atoms with Crippen LogP contribution in [-0.4, -0.2) is 32.4 Å². The van der Waals surface area contributed by atoms with Crippen LogP contribution in [0.4, 0.5) is 13.2 Å². The molecular formula is C19H20ClF3N2O2S. The predicted molar refractivity (Wildman–Crippen MR) is 102 cm³/mol. The minimum atomic E-state index is -4.34. The molecule has 2 aromatic rings. The number of nitrogens with zero attached hydrogens (tertiary/aromatic N) is 1. The Kier molecular flexibility index (Phi) is 6.34. The number of hydrogen-bond acceptors (Lipinski definition) is 3. The fraction of sp³-hybridized carbons (Fsp3) is 0.368. The topological polar surface area (TPSA) is 49.4 Å². The summed E-state index contributed by atoms with van der Waals surface area (Å²) in [6, 6.07) is 10.9. The molecule has 152 valence electrons. The van der Waals surface area contributed by atoms with Gasteiger partial charge in [-0.3, -0.25) is 4.90 Å². The van der Waals surface area contributed by atoms with Crippen LogP contribution in [0.5, 0.6) is 0 Å². The molecule has 1 saturated heterocycles. The van der Waals surface area contributed by atoms with Gasteiger partial charge in [-0.25, -0.2) is 13.1 Å². The van der Waals surface area contributed by atoms with Crippen LogP contribution in [0, 0.1) is 0 Å². The first-order valence-corrected chi connectivity index (χ1v) is 10.7. The number of nitrogens with one attached hydrogen (secondary N) is 1. The van der Waals surface area contributed by atoms with Crippen molar-refractivity contribution in [3.63, 3.8) is 0 Å². The highest BCUT2D eigenvalue weighted by Gasteiger charge is 2.30. The molecule has 2 aromatic carbocycles. The second kappa shape index (κ2) is 8.41. The van der Waals surface area contributed by atoms with Gasteiger partial charge in [-0.15, -0.1) is 0 Å². The summed E-state index contributed by atoms with van der Waals surface area (Å²) >= 11 is 5.79. The third kappa shape index (κ3) is 5.47. The summed E-state index contributed by atoms with van der Waals surface area (Å²) in [5.41, 5.74) is 0.139. The highest BCUT2D eigenvalue weighted by atomic mass is 35.5. The number of halogens is 4. The van der Waals surface area contributed by atoms with E-state index in [0.717, 1.165) is 17.7 Å². The van der Waals surface area contributed by atoms with Crippen molar-refractivity contribution >= 4 is 21.6 Å². The van der Waals surface area contributed by atoms with E-state index < -0.39 is 21.8 Å². The third-order valence-electron chi connectivity index (χ3n) is 4.72. The molecule has 28 heavy (non-hydrogen) atoms. The zero-order valence-corrected chi connectivity index (χ0v) is 16.5. The Labute approximate surface area is 167 Å². The zero-order chi connectivity index (χ0) is 20.4. The molecule has 0 aromatic heterocycles. The number of hydrogen-bond donors (Lipinski definition) is 1. The lowest BCUT2D eigenvalue weighted by Gasteiger charge is -2.32. The predicted octanol–water partition coefficient (Wildman–Crippen LogP) is 4.30. The van der Waals surface area contributed by atoms with Gasteiger partial charge in [-0.05, 0) is 54.8 Å². The summed E-state index contributed by atoms with van der Waals surface area (Å²) in [6.07, 6.45) is -3.07. The van der Waals surface area contributed by atoms with Crippen LogP contribution in [0.15, 0.2) is 53.4 Å². The molecular weight excluding hydrogens is 413 g/mol. The number of rotatable bonds is 5. The molecule has 0 spiro atoms. The van der Waals surface area contributed by atoms with Gasteiger partial charge >= 0.3 is 6.18 Å². The van der Waals surface area contributed by atoms with Crippen molar-refractivity contribution in [2.45, 2.75) is 36.5 Å². The molecule has 9 heteroatoms. The van der Waals surface area contributed by atoms with E-state index in [0.29, 0.717) is 37.5 Å². The molecule has 0 unspecified atom stereocenters. The third-order valence-corrected chi connectivity index (χ3v) is 6.51. The van der Waals surface area contributed by atoms with Gasteiger partial charge in [0.1, 0.15) is 0 Å². The van der Waals surface area contributed by atoms with Gasteiger partial charge in [-0.1, -0.05) is 23.7 Å². The Bertz CT molecular complexity index is 892. The van der Waals surface area contributed by atoms with E-state index in [2.05, 4.69) is 9.62 Å². The minimum Gasteiger partial charge on any atom is -0.299 e. The van der Waals surface area contributed by atoms with Crippen LogP contribution < -0.4 is 4.72 Å². The van der Waals surface area contributed by atoms with Crippen molar-refractivity contribution < 1.29 is 21.6 Å². The molecule has 4 nitrogen and oxygen atoms in total. The van der Waals surface area contributed by atoms with Crippen molar-refractivity contribution in [3.05, 3.63) is 64.7 Å². The summed E-state index contributed by atoms with van der Waals surface area (Å²) in [5, 5.41) is 0.468. The smallest absolute Gasteiger partial charge is 0.299 e. The van der Waals surface area contributed by atoms with Crippen LogP contribution in [0.1, 0.15) is 24.0 Å². The summed E-state index contributed by atoms with van der Waals surface area (Å²) in [6.45, 7) is 1.86. The fourth-order valence-corrected chi connectivity index (χ4v) is 4.60. The van der Waals surface area contributed by atoms with Gasteiger partial charge in [0.15, 0.2) is 0 Å². The van der Waals surface area contributed by atoms with E-state index in [-0.39, 0.29) is 10.9 Å². The monoisotopic (exact) mass is 432 g/mol. The molecule has 1 aliphatic heterocycles. The van der Waals surface area contributed by atoms with E-state index >= 15 is 0 Å². The molecule has 0 amide bonds. The SMILES string of the molecule is O=S(=O)(NC1CCN(Cc2ccc(C(F)(F)F)cc2)CC1)c1ccc(Cl)cc1. The van der Waals surface area contributed by atoms with Crippen molar-refractivity contribution in [1.29, 1.82) is 0 Å². The maximum absolute atomic E-state index is 12.6. The van der Waals surface area contributed by atoms with Crippen LogP contribution >= 0.6 is 11.6 Å². The lowest BCUT2D eigenvalue weighted by atomic mass is 10.0. The Morgan fingerprint density at radius 2 is 1.57 bits per heavy atom. The van der Waals surface area contributed by atoms with Crippen molar-refractivity contribution in [3.8, 4) is 0 Å². The van der Waals surface area contributed by atoms with Crippen molar-refractivity contribution in [1.82, 2.24) is 9.62 Å². The molecule has 1 fully saturated rings. The van der Waals surface area contributed by atoms with Crippen LogP contribution in [-0.2, 0) is 22.7 Å². The maximum atomic E-state index is 12.6. The Hall–Kier alpha value is -1.61. The minimum absolute atomic E-state index is 0.170. The number of alkyl halides is 3. The average molecular weight is 433 g/mol. The molecule has 1 heterocycles. The van der Waals surface area contributed by atoms with Gasteiger partial charge in [0.25, 0.3) is 0 Å². The van der Waals surface area contributed by atoms with Gasteiger partial charge < -0.3 is 0 Å². The van der Waals surface area contributed by atoms with E-state index in [9.17, 15) is 21.6 Å². The normalized spacial score (nSPS) is 17.0. The zero-order valence-electron chi connectivity index (χ0n) is 14.9. The van der Waals surface area contributed by atoms with Crippen molar-refractivity contribution in [2.24, 2.45) is 0 Å². The van der Waals surface area contributed by atoms with Gasteiger partial charge in [0, 0.05) is 30.7 Å². The van der Waals surface area contributed by atoms with Crippen LogP contribution in [0.3, 0.4) is 0 Å². The molecule has 0 saturated carbocycles. The van der Waals surface area contributed by atoms with Gasteiger partial charge in [0.05, 0.1) is 10.5 Å². The summed E-state index contributed by atoms with van der Waals surface area (Å²) in [5.74, 6) is 0. The molecule has 3 rings (SSSR count). The van der Waals surface area contributed by atoms with Crippen LogP contribution in [0.2, 0.25) is 5.02 Å². The Morgan fingerprint density at radius 3 is 2.11 bits per heavy atom. The highest BCUT2D eigenvalue weighted by molar-refractivity contribution is 7.89. The second-order valence-corrected chi connectivity index (χ2v) is 8.97. The second-order valence-electron chi connectivity index (χ2n) is 6.82. The molecule has 0 radical (unpaired) electrons. The molecule has 0 atom stereocenters. The fourth-order valence-electron chi connectivity index (χ4n) is 3.17. The van der Waals surface area contributed by atoms with E-state index in [1.165, 1.54) is 36.4 Å². The largest absolute Gasteiger partial charge is 0.416 e. The number of sulfonamides is 1. The van der Waals surface area contributed by atoms with E-state index in [1.54, 1.807) is 0 Å². The van der Waals surface area contributed by atoms with E-state index in [4.69, 9.17) is 11.6 Å². The number of piperidine rings is 1. The average Bonchev–Trinajstić information content (AvgIpc) is 2.63. The highest BCUT2D eigenvalue weighted by Crippen LogP contribution is 2.29. The van der Waals surface area contributed by atoms with Crippen LogP contribution in [0.25, 0.3) is 0 Å². The molecule has 1 N–H and O–H groups in total. The quantitative estimate of drug-likeness (QED) is 0.766. The maximum Gasteiger partial charge on any atom is 0.416 e. The summed E-state index contributed by atoms with van der Waals surface area (Å²) < 4.78 is 65.5. The lowest BCUT2D eigenvalue weighted by Crippen LogP contribution is -2.44. The lowest BCUT2D eigenvalue weighted by molar-refractivity contribution is -0.137. The first kappa shape index (κ1) is 21.1. The number of benzene rings is 2.